The van der Waals surface area contributed by atoms with Gasteiger partial charge >= 0.3 is 0 Å². The molecule has 0 aliphatic carbocycles. The van der Waals surface area contributed by atoms with Crippen molar-refractivity contribution in [3.63, 3.8) is 0 Å². The maximum Gasteiger partial charge on any atom is 0.186 e. The molecule has 1 saturated heterocycles. The highest BCUT2D eigenvalue weighted by molar-refractivity contribution is 9.12. The third-order valence-electron chi connectivity index (χ3n) is 3.50. The monoisotopic (exact) mass is 410 g/mol. The molecule has 7 heteroatoms. The largest absolute Gasteiger partial charge is 0.379 e. The quantitative estimate of drug-likeness (QED) is 0.313. The molecule has 1 heterocycles. The summed E-state index contributed by atoms with van der Waals surface area (Å²) < 4.78 is 6.20. The Labute approximate surface area is 157 Å². The van der Waals surface area contributed by atoms with Gasteiger partial charge in [-0.05, 0) is 52.8 Å². The molecule has 0 atom stereocenters. The van der Waals surface area contributed by atoms with Gasteiger partial charge in [0.25, 0.3) is 0 Å². The Kier molecular flexibility index (Phi) is 8.97. The molecular weight excluding hydrogens is 388 g/mol. The van der Waals surface area contributed by atoms with E-state index in [1.165, 1.54) is 0 Å². The second-order valence-corrected chi connectivity index (χ2v) is 6.70. The van der Waals surface area contributed by atoms with Crippen LogP contribution in [-0.2, 0) is 4.74 Å². The van der Waals surface area contributed by atoms with Crippen LogP contribution in [0.25, 0.3) is 6.08 Å². The lowest BCUT2D eigenvalue weighted by Gasteiger charge is -2.26. The molecule has 0 bridgehead atoms. The van der Waals surface area contributed by atoms with Crippen molar-refractivity contribution in [2.45, 2.75) is 6.42 Å². The second kappa shape index (κ2) is 11.3. The van der Waals surface area contributed by atoms with Gasteiger partial charge in [-0.15, -0.1) is 0 Å². The average Bonchev–Trinajstić information content (AvgIpc) is 2.60. The molecule has 0 spiro atoms. The van der Waals surface area contributed by atoms with Gasteiger partial charge in [-0.3, -0.25) is 10.3 Å². The minimum Gasteiger partial charge on any atom is -0.379 e. The van der Waals surface area contributed by atoms with Crippen LogP contribution in [-0.4, -0.2) is 55.6 Å². The first-order chi connectivity index (χ1) is 11.7. The normalized spacial score (nSPS) is 16.3. The van der Waals surface area contributed by atoms with Crippen LogP contribution in [0.4, 0.5) is 0 Å². The maximum atomic E-state index is 5.33. The van der Waals surface area contributed by atoms with Crippen molar-refractivity contribution < 1.29 is 4.74 Å². The topological polar surface area (TPSA) is 48.9 Å². The minimum absolute atomic E-state index is 0.535. The summed E-state index contributed by atoms with van der Waals surface area (Å²) in [7, 11) is 0. The number of allylic oxidation sites excluding steroid dienone is 1. The number of benzene rings is 1. The van der Waals surface area contributed by atoms with Gasteiger partial charge < -0.3 is 10.1 Å². The number of nitrogens with zero attached hydrogens (tertiary/aromatic N) is 2. The zero-order chi connectivity index (χ0) is 17.0. The van der Waals surface area contributed by atoms with Crippen LogP contribution >= 0.6 is 28.1 Å². The highest BCUT2D eigenvalue weighted by Crippen LogP contribution is 2.09. The van der Waals surface area contributed by atoms with Crippen LogP contribution in [0.5, 0.6) is 0 Å². The standard InChI is InChI=1S/C17H23BrN4OS/c18-16(13-15-5-2-1-3-6-15)14-20-21-17(24)19-7-4-8-22-9-11-23-12-10-22/h1-3,5-6,13-14H,4,7-12H2,(H2,19,21,24)/b16-13-,20-14-. The van der Waals surface area contributed by atoms with Crippen LogP contribution in [0.1, 0.15) is 12.0 Å². The van der Waals surface area contributed by atoms with Crippen molar-refractivity contribution in [3.8, 4) is 0 Å². The van der Waals surface area contributed by atoms with Crippen LogP contribution < -0.4 is 10.7 Å². The summed E-state index contributed by atoms with van der Waals surface area (Å²) in [6.07, 6.45) is 4.72. The van der Waals surface area contributed by atoms with Crippen LogP contribution in [0, 0.1) is 0 Å². The van der Waals surface area contributed by atoms with Crippen LogP contribution in [0.3, 0.4) is 0 Å². The molecule has 130 valence electrons. The number of ether oxygens (including phenoxy) is 1. The minimum atomic E-state index is 0.535. The van der Waals surface area contributed by atoms with Crippen LogP contribution in [0.15, 0.2) is 39.9 Å². The lowest BCUT2D eigenvalue weighted by atomic mass is 10.2. The fourth-order valence-corrected chi connectivity index (χ4v) is 2.79. The molecule has 1 aliphatic rings. The summed E-state index contributed by atoms with van der Waals surface area (Å²) in [6, 6.07) is 10.0. The van der Waals surface area contributed by atoms with Gasteiger partial charge in [-0.2, -0.15) is 5.10 Å². The summed E-state index contributed by atoms with van der Waals surface area (Å²) in [4.78, 5) is 2.41. The van der Waals surface area contributed by atoms with E-state index in [9.17, 15) is 0 Å². The molecule has 2 N–H and O–H groups in total. The van der Waals surface area contributed by atoms with Gasteiger partial charge in [0.15, 0.2) is 5.11 Å². The summed E-state index contributed by atoms with van der Waals surface area (Å²) in [6.45, 7) is 5.62. The molecule has 0 amide bonds. The zero-order valence-corrected chi connectivity index (χ0v) is 16.0. The number of morpholine rings is 1. The first-order valence-electron chi connectivity index (χ1n) is 8.03. The molecule has 2 rings (SSSR count). The van der Waals surface area contributed by atoms with E-state index in [-0.39, 0.29) is 0 Å². The van der Waals surface area contributed by atoms with Gasteiger partial charge in [0.1, 0.15) is 0 Å². The number of hydrogen-bond donors (Lipinski definition) is 2. The Balaban J connectivity index is 1.59. The van der Waals surface area contributed by atoms with Crippen molar-refractivity contribution in [2.75, 3.05) is 39.4 Å². The number of rotatable bonds is 7. The van der Waals surface area contributed by atoms with Crippen molar-refractivity contribution in [2.24, 2.45) is 5.10 Å². The van der Waals surface area contributed by atoms with E-state index >= 15 is 0 Å². The maximum absolute atomic E-state index is 5.33. The third-order valence-corrected chi connectivity index (χ3v) is 4.17. The molecule has 24 heavy (non-hydrogen) atoms. The second-order valence-electron chi connectivity index (χ2n) is 5.37. The molecule has 1 aromatic carbocycles. The van der Waals surface area contributed by atoms with E-state index < -0.39 is 0 Å². The first-order valence-corrected chi connectivity index (χ1v) is 9.23. The van der Waals surface area contributed by atoms with Gasteiger partial charge in [0.05, 0.1) is 19.4 Å². The summed E-state index contributed by atoms with van der Waals surface area (Å²) in [5.41, 5.74) is 3.93. The van der Waals surface area contributed by atoms with Crippen molar-refractivity contribution >= 4 is 45.6 Å². The Bertz CT molecular complexity index is 559. The number of hydrazone groups is 1. The summed E-state index contributed by atoms with van der Waals surface area (Å²) in [5, 5.41) is 7.81. The summed E-state index contributed by atoms with van der Waals surface area (Å²) in [5.74, 6) is 0. The molecule has 0 saturated carbocycles. The molecular formula is C17H23BrN4OS. The van der Waals surface area contributed by atoms with Crippen molar-refractivity contribution in [3.05, 3.63) is 40.4 Å². The van der Waals surface area contributed by atoms with Gasteiger partial charge in [0.2, 0.25) is 0 Å². The van der Waals surface area contributed by atoms with Crippen molar-refractivity contribution in [1.29, 1.82) is 0 Å². The van der Waals surface area contributed by atoms with Gasteiger partial charge in [-0.1, -0.05) is 30.3 Å². The highest BCUT2D eigenvalue weighted by Gasteiger charge is 2.08. The van der Waals surface area contributed by atoms with E-state index in [1.807, 2.05) is 36.4 Å². The fraction of sp³-hybridized carbons (Fsp3) is 0.412. The SMILES string of the molecule is S=C(NCCCN1CCOCC1)N/N=C\C(Br)=C\c1ccccc1. The smallest absolute Gasteiger partial charge is 0.186 e. The Morgan fingerprint density at radius 3 is 2.79 bits per heavy atom. The molecule has 1 aliphatic heterocycles. The molecule has 1 aromatic rings. The molecule has 0 aromatic heterocycles. The molecule has 0 unspecified atom stereocenters. The van der Waals surface area contributed by atoms with Crippen molar-refractivity contribution in [1.82, 2.24) is 15.6 Å². The third kappa shape index (κ3) is 8.01. The lowest BCUT2D eigenvalue weighted by Crippen LogP contribution is -2.39. The van der Waals surface area contributed by atoms with E-state index in [1.54, 1.807) is 6.21 Å². The first kappa shape index (κ1) is 19.1. The number of nitrogens with one attached hydrogen (secondary N) is 2. The number of thiocarbonyl (C=S) groups is 1. The average molecular weight is 411 g/mol. The van der Waals surface area contributed by atoms with E-state index in [0.29, 0.717) is 5.11 Å². The summed E-state index contributed by atoms with van der Waals surface area (Å²) >= 11 is 8.67. The Morgan fingerprint density at radius 2 is 2.04 bits per heavy atom. The van der Waals surface area contributed by atoms with E-state index in [4.69, 9.17) is 17.0 Å². The Hall–Kier alpha value is -1.28. The predicted octanol–water partition coefficient (Wildman–Crippen LogP) is 2.59. The van der Waals surface area contributed by atoms with E-state index in [0.717, 1.165) is 55.9 Å². The highest BCUT2D eigenvalue weighted by atomic mass is 79.9. The lowest BCUT2D eigenvalue weighted by molar-refractivity contribution is 0.0376. The number of hydrogen-bond acceptors (Lipinski definition) is 4. The fourth-order valence-electron chi connectivity index (χ4n) is 2.27. The molecule has 0 radical (unpaired) electrons. The van der Waals surface area contributed by atoms with Crippen LogP contribution in [0.2, 0.25) is 0 Å². The van der Waals surface area contributed by atoms with Gasteiger partial charge in [-0.25, -0.2) is 0 Å². The van der Waals surface area contributed by atoms with E-state index in [2.05, 4.69) is 36.7 Å². The van der Waals surface area contributed by atoms with Gasteiger partial charge in [0, 0.05) is 24.1 Å². The Morgan fingerprint density at radius 1 is 1.29 bits per heavy atom. The predicted molar refractivity (Wildman–Crippen MR) is 107 cm³/mol. The zero-order valence-electron chi connectivity index (χ0n) is 13.6. The molecule has 1 fully saturated rings. The molecule has 5 nitrogen and oxygen atoms in total. The number of halogens is 1.